The van der Waals surface area contributed by atoms with Gasteiger partial charge in [0.2, 0.25) is 5.91 Å². The van der Waals surface area contributed by atoms with Crippen molar-refractivity contribution in [2.24, 2.45) is 0 Å². The number of aryl methyl sites for hydroxylation is 1. The highest BCUT2D eigenvalue weighted by atomic mass is 35.5. The molecule has 0 radical (unpaired) electrons. The molecule has 0 unspecified atom stereocenters. The van der Waals surface area contributed by atoms with Crippen LogP contribution >= 0.6 is 22.9 Å². The van der Waals surface area contributed by atoms with Crippen LogP contribution in [0, 0.1) is 6.92 Å². The molecule has 250 valence electrons. The first-order chi connectivity index (χ1) is 23.0. The van der Waals surface area contributed by atoms with Crippen molar-refractivity contribution in [1.82, 2.24) is 19.9 Å². The maximum Gasteiger partial charge on any atom is 0.267 e. The Labute approximate surface area is 285 Å². The number of alkyl halides is 2. The number of ether oxygens (including phenoxy) is 1. The van der Waals surface area contributed by atoms with E-state index in [1.807, 2.05) is 30.0 Å². The van der Waals surface area contributed by atoms with Crippen molar-refractivity contribution in [1.29, 1.82) is 0 Å². The first-order valence-corrected chi connectivity index (χ1v) is 16.4. The van der Waals surface area contributed by atoms with Crippen LogP contribution in [0.3, 0.4) is 0 Å². The maximum atomic E-state index is 14.4. The molecule has 2 aliphatic heterocycles. The van der Waals surface area contributed by atoms with Crippen LogP contribution in [0.4, 0.5) is 36.9 Å². The van der Waals surface area contributed by atoms with Crippen LogP contribution in [-0.2, 0) is 4.79 Å². The molecule has 2 amide bonds. The van der Waals surface area contributed by atoms with Crippen LogP contribution in [0.2, 0.25) is 5.02 Å². The van der Waals surface area contributed by atoms with E-state index in [4.69, 9.17) is 26.3 Å². The molecule has 2 fully saturated rings. The molecular weight excluding hydrogens is 662 g/mol. The monoisotopic (exact) mass is 694 g/mol. The van der Waals surface area contributed by atoms with Crippen molar-refractivity contribution < 1.29 is 23.1 Å². The Morgan fingerprint density at radius 1 is 1.08 bits per heavy atom. The molecule has 4 aromatic rings. The molecule has 15 heteroatoms. The summed E-state index contributed by atoms with van der Waals surface area (Å²) in [6.07, 6.45) is 4.16. The van der Waals surface area contributed by atoms with Gasteiger partial charge in [0.05, 0.1) is 41.9 Å². The number of carbonyl (C=O) groups excluding carboxylic acids is 2. The number of para-hydroxylation sites is 1. The molecule has 0 atom stereocenters. The summed E-state index contributed by atoms with van der Waals surface area (Å²) in [5.41, 5.74) is 3.07. The third kappa shape index (κ3) is 7.04. The molecule has 11 nitrogen and oxygen atoms in total. The van der Waals surface area contributed by atoms with Crippen LogP contribution in [0.25, 0.3) is 11.3 Å². The highest BCUT2D eigenvalue weighted by Crippen LogP contribution is 2.39. The van der Waals surface area contributed by atoms with Crippen LogP contribution in [0.15, 0.2) is 61.4 Å². The molecule has 5 heterocycles. The fraction of sp³-hybridized carbons (Fsp3) is 0.303. The van der Waals surface area contributed by atoms with Crippen molar-refractivity contribution in [2.75, 3.05) is 66.8 Å². The second kappa shape index (κ2) is 13.7. The molecule has 6 rings (SSSR count). The molecular formula is C33H33ClF2N8O3S. The number of halogens is 3. The van der Waals surface area contributed by atoms with Crippen molar-refractivity contribution in [2.45, 2.75) is 19.3 Å². The van der Waals surface area contributed by atoms with Gasteiger partial charge in [0.15, 0.2) is 22.5 Å². The van der Waals surface area contributed by atoms with Gasteiger partial charge < -0.3 is 30.1 Å². The van der Waals surface area contributed by atoms with Crippen LogP contribution in [0.1, 0.15) is 21.7 Å². The number of amides is 2. The second-order valence-electron chi connectivity index (χ2n) is 11.4. The van der Waals surface area contributed by atoms with E-state index in [0.717, 1.165) is 16.9 Å². The average Bonchev–Trinajstić information content (AvgIpc) is 3.71. The highest BCUT2D eigenvalue weighted by molar-refractivity contribution is 7.17. The first-order valence-electron chi connectivity index (χ1n) is 15.2. The minimum atomic E-state index is -2.81. The lowest BCUT2D eigenvalue weighted by molar-refractivity contribution is -0.126. The van der Waals surface area contributed by atoms with Gasteiger partial charge >= 0.3 is 0 Å². The number of thiazole rings is 1. The minimum absolute atomic E-state index is 0.142. The molecule has 2 aliphatic rings. The summed E-state index contributed by atoms with van der Waals surface area (Å²) >= 11 is 7.41. The lowest BCUT2D eigenvalue weighted by Crippen LogP contribution is -2.49. The molecule has 2 N–H and O–H groups in total. The Morgan fingerprint density at radius 2 is 1.88 bits per heavy atom. The number of rotatable bonds is 9. The zero-order valence-corrected chi connectivity index (χ0v) is 27.9. The summed E-state index contributed by atoms with van der Waals surface area (Å²) in [6.45, 7) is 7.13. The number of benzene rings is 1. The van der Waals surface area contributed by atoms with E-state index in [1.165, 1.54) is 19.4 Å². The van der Waals surface area contributed by atoms with Gasteiger partial charge in [0.1, 0.15) is 4.88 Å². The summed E-state index contributed by atoms with van der Waals surface area (Å²) in [4.78, 5) is 44.7. The fourth-order valence-corrected chi connectivity index (χ4v) is 6.62. The van der Waals surface area contributed by atoms with E-state index in [0.29, 0.717) is 81.2 Å². The van der Waals surface area contributed by atoms with Crippen LogP contribution in [-0.4, -0.2) is 84.0 Å². The van der Waals surface area contributed by atoms with E-state index in [2.05, 4.69) is 22.2 Å². The number of nitrogens with zero attached hydrogens (tertiary/aromatic N) is 6. The van der Waals surface area contributed by atoms with Crippen LogP contribution < -0.4 is 25.2 Å². The molecule has 0 saturated carbocycles. The molecule has 1 aromatic carbocycles. The topological polar surface area (TPSA) is 116 Å². The maximum absolute atomic E-state index is 14.4. The number of nitrogens with one attached hydrogen (secondary N) is 2. The van der Waals surface area contributed by atoms with Gasteiger partial charge in [0, 0.05) is 50.9 Å². The number of anilines is 5. The van der Waals surface area contributed by atoms with E-state index in [-0.39, 0.29) is 24.8 Å². The lowest BCUT2D eigenvalue weighted by Gasteiger charge is -2.37. The number of hydrogen-bond donors (Lipinski definition) is 2. The van der Waals surface area contributed by atoms with E-state index in [9.17, 15) is 18.4 Å². The Kier molecular flexibility index (Phi) is 9.47. The van der Waals surface area contributed by atoms with Gasteiger partial charge in [-0.1, -0.05) is 41.6 Å². The minimum Gasteiger partial charge on any atom is -0.493 e. The highest BCUT2D eigenvalue weighted by Gasteiger charge is 2.40. The Bertz CT molecular complexity index is 1840. The van der Waals surface area contributed by atoms with Gasteiger partial charge in [-0.05, 0) is 42.8 Å². The molecule has 0 bridgehead atoms. The molecule has 48 heavy (non-hydrogen) atoms. The van der Waals surface area contributed by atoms with Gasteiger partial charge in [0.25, 0.3) is 11.8 Å². The zero-order valence-electron chi connectivity index (χ0n) is 26.3. The smallest absolute Gasteiger partial charge is 0.267 e. The number of aromatic nitrogens is 3. The first kappa shape index (κ1) is 33.1. The number of pyridine rings is 2. The Balaban J connectivity index is 1.26. The SMILES string of the molecule is C=CC(=O)N1CCN(c2ncc(-c3ccc(OC)c(Nc4ncc(C(=O)Nc5c(C)cccc5Cl)s4)n3)cc2N2CCC(F)(F)C2)CC1. The van der Waals surface area contributed by atoms with Crippen molar-refractivity contribution >= 4 is 62.9 Å². The third-order valence-electron chi connectivity index (χ3n) is 8.21. The van der Waals surface area contributed by atoms with E-state index in [1.54, 1.807) is 34.2 Å². The molecule has 0 spiro atoms. The quantitative estimate of drug-likeness (QED) is 0.196. The van der Waals surface area contributed by atoms with Crippen LogP contribution in [0.5, 0.6) is 5.75 Å². The predicted molar refractivity (Wildman–Crippen MR) is 184 cm³/mol. The average molecular weight is 695 g/mol. The van der Waals surface area contributed by atoms with Crippen molar-refractivity contribution in [3.8, 4) is 17.0 Å². The van der Waals surface area contributed by atoms with Gasteiger partial charge in [-0.25, -0.2) is 23.7 Å². The Hall–Kier alpha value is -4.82. The van der Waals surface area contributed by atoms with Gasteiger partial charge in [-0.3, -0.25) is 9.59 Å². The summed E-state index contributed by atoms with van der Waals surface area (Å²) < 4.78 is 34.3. The summed E-state index contributed by atoms with van der Waals surface area (Å²) in [5, 5.41) is 6.83. The molecule has 3 aromatic heterocycles. The zero-order chi connectivity index (χ0) is 34.0. The number of piperazine rings is 1. The normalized spacial score (nSPS) is 15.7. The summed E-state index contributed by atoms with van der Waals surface area (Å²) in [5.74, 6) is -1.95. The number of carbonyl (C=O) groups is 2. The predicted octanol–water partition coefficient (Wildman–Crippen LogP) is 6.25. The molecule has 0 aliphatic carbocycles. The number of methoxy groups -OCH3 is 1. The van der Waals surface area contributed by atoms with Crippen molar-refractivity contribution in [3.63, 3.8) is 0 Å². The number of hydrogen-bond acceptors (Lipinski definition) is 10. The summed E-state index contributed by atoms with van der Waals surface area (Å²) in [6, 6.07) is 10.7. The molecule has 2 saturated heterocycles. The van der Waals surface area contributed by atoms with Gasteiger partial charge in [-0.2, -0.15) is 0 Å². The standard InChI is InChI=1S/C33H33ClF2N8O3S/c1-4-27(45)42-12-14-43(15-13-42)30-24(44-11-10-33(35,36)19-44)16-21(17-37-30)23-8-9-25(47-3)29(39-23)41-32-38-18-26(48-32)31(46)40-28-20(2)6-5-7-22(28)34/h4-9,16-18H,1,10-15,19H2,2-3H3,(H,40,46)(H,38,39,41). The lowest BCUT2D eigenvalue weighted by atomic mass is 10.1. The largest absolute Gasteiger partial charge is 0.493 e. The van der Waals surface area contributed by atoms with E-state index >= 15 is 0 Å². The third-order valence-corrected chi connectivity index (χ3v) is 9.44. The van der Waals surface area contributed by atoms with E-state index < -0.39 is 12.5 Å². The summed E-state index contributed by atoms with van der Waals surface area (Å²) in [7, 11) is 1.51. The van der Waals surface area contributed by atoms with Crippen molar-refractivity contribution in [3.05, 3.63) is 76.9 Å². The Morgan fingerprint density at radius 3 is 2.56 bits per heavy atom. The second-order valence-corrected chi connectivity index (χ2v) is 12.8. The van der Waals surface area contributed by atoms with Gasteiger partial charge in [-0.15, -0.1) is 0 Å². The fourth-order valence-electron chi connectivity index (χ4n) is 5.64.